The third kappa shape index (κ3) is 2.01. The van der Waals surface area contributed by atoms with Crippen LogP contribution in [0.25, 0.3) is 15.7 Å². The van der Waals surface area contributed by atoms with E-state index in [9.17, 15) is 9.59 Å². The Balaban J connectivity index is 2.00. The number of aliphatic carboxylic acids is 1. The third-order valence-electron chi connectivity index (χ3n) is 2.98. The Bertz CT molecular complexity index is 814. The quantitative estimate of drug-likeness (QED) is 0.785. The van der Waals surface area contributed by atoms with E-state index < -0.39 is 5.97 Å². The van der Waals surface area contributed by atoms with Crippen molar-refractivity contribution >= 4 is 33.0 Å². The summed E-state index contributed by atoms with van der Waals surface area (Å²) in [6.07, 6.45) is 2.04. The zero-order chi connectivity index (χ0) is 13.4. The van der Waals surface area contributed by atoms with Crippen LogP contribution < -0.4 is 5.56 Å². The molecule has 0 radical (unpaired) electrons. The highest BCUT2D eigenvalue weighted by atomic mass is 32.1. The molecule has 19 heavy (non-hydrogen) atoms. The van der Waals surface area contributed by atoms with E-state index in [1.165, 1.54) is 4.68 Å². The summed E-state index contributed by atoms with van der Waals surface area (Å²) in [5, 5.41) is 14.6. The normalized spacial score (nSPS) is 11.4. The summed E-state index contributed by atoms with van der Waals surface area (Å²) in [5.74, 6) is -0.864. The highest BCUT2D eigenvalue weighted by Gasteiger charge is 2.09. The zero-order valence-electron chi connectivity index (χ0n) is 9.94. The molecule has 98 valence electrons. The van der Waals surface area contributed by atoms with Gasteiger partial charge in [0, 0.05) is 13.0 Å². The minimum absolute atomic E-state index is 0.0371. The Hall–Kier alpha value is -2.15. The van der Waals surface area contributed by atoms with E-state index in [1.54, 1.807) is 22.1 Å². The lowest BCUT2D eigenvalue weighted by molar-refractivity contribution is -0.137. The summed E-state index contributed by atoms with van der Waals surface area (Å²) in [4.78, 5) is 22.7. The fourth-order valence-corrected chi connectivity index (χ4v) is 2.88. The highest BCUT2D eigenvalue weighted by molar-refractivity contribution is 7.17. The average molecular weight is 277 g/mol. The number of hydrogen-bond acceptors (Lipinski definition) is 4. The molecular weight excluding hydrogens is 266 g/mol. The summed E-state index contributed by atoms with van der Waals surface area (Å²) < 4.78 is 4.13. The van der Waals surface area contributed by atoms with Gasteiger partial charge in [-0.1, -0.05) is 0 Å². The van der Waals surface area contributed by atoms with Gasteiger partial charge >= 0.3 is 5.97 Å². The van der Waals surface area contributed by atoms with Gasteiger partial charge in [0.25, 0.3) is 5.56 Å². The fraction of sp³-hybridized carbons (Fsp3) is 0.250. The number of carboxylic acids is 1. The molecule has 0 aliphatic heterocycles. The smallest absolute Gasteiger partial charge is 0.303 e. The maximum absolute atomic E-state index is 12.2. The van der Waals surface area contributed by atoms with Crippen molar-refractivity contribution in [1.82, 2.24) is 14.2 Å². The van der Waals surface area contributed by atoms with Gasteiger partial charge in [-0.25, -0.2) is 4.68 Å². The van der Waals surface area contributed by atoms with Crippen molar-refractivity contribution < 1.29 is 9.90 Å². The Morgan fingerprint density at radius 1 is 1.42 bits per heavy atom. The van der Waals surface area contributed by atoms with Gasteiger partial charge in [-0.2, -0.15) is 5.10 Å². The predicted octanol–water partition coefficient (Wildman–Crippen LogP) is 1.58. The lowest BCUT2D eigenvalue weighted by Gasteiger charge is -2.03. The molecule has 0 atom stereocenters. The van der Waals surface area contributed by atoms with E-state index in [2.05, 4.69) is 5.10 Å². The monoisotopic (exact) mass is 277 g/mol. The van der Waals surface area contributed by atoms with Crippen molar-refractivity contribution in [2.75, 3.05) is 0 Å². The number of carbonyl (C=O) groups is 1. The molecule has 0 unspecified atom stereocenters. The molecule has 7 heteroatoms. The van der Waals surface area contributed by atoms with Crippen LogP contribution in [-0.2, 0) is 11.3 Å². The molecule has 3 rings (SSSR count). The van der Waals surface area contributed by atoms with Gasteiger partial charge < -0.3 is 5.11 Å². The first-order valence-corrected chi connectivity index (χ1v) is 6.71. The first-order chi connectivity index (χ1) is 9.16. The maximum atomic E-state index is 12.2. The largest absolute Gasteiger partial charge is 0.481 e. The van der Waals surface area contributed by atoms with Gasteiger partial charge in [-0.3, -0.25) is 14.0 Å². The average Bonchev–Trinajstić information content (AvgIpc) is 2.92. The predicted molar refractivity (Wildman–Crippen MR) is 71.7 cm³/mol. The van der Waals surface area contributed by atoms with Crippen LogP contribution in [0.2, 0.25) is 0 Å². The number of carboxylic acid groups (broad SMARTS) is 1. The summed E-state index contributed by atoms with van der Waals surface area (Å²) in [6, 6.07) is 3.79. The second-order valence-corrected chi connectivity index (χ2v) is 5.17. The number of rotatable bonds is 4. The van der Waals surface area contributed by atoms with E-state index in [0.717, 1.165) is 10.2 Å². The number of aryl methyl sites for hydroxylation is 1. The zero-order valence-corrected chi connectivity index (χ0v) is 10.8. The fourth-order valence-electron chi connectivity index (χ4n) is 2.07. The molecule has 0 amide bonds. The van der Waals surface area contributed by atoms with Crippen LogP contribution in [0, 0.1) is 0 Å². The summed E-state index contributed by atoms with van der Waals surface area (Å²) in [7, 11) is 0. The molecule has 0 bridgehead atoms. The summed E-state index contributed by atoms with van der Waals surface area (Å²) in [5.41, 5.74) is 1.37. The molecule has 0 saturated heterocycles. The first-order valence-electron chi connectivity index (χ1n) is 5.83. The third-order valence-corrected chi connectivity index (χ3v) is 3.83. The van der Waals surface area contributed by atoms with Gasteiger partial charge in [-0.05, 0) is 23.9 Å². The van der Waals surface area contributed by atoms with E-state index in [1.807, 2.05) is 17.5 Å². The molecule has 3 aromatic heterocycles. The molecular formula is C12H11N3O3S. The van der Waals surface area contributed by atoms with Crippen LogP contribution in [0.1, 0.15) is 12.8 Å². The lowest BCUT2D eigenvalue weighted by atomic mass is 10.3. The lowest BCUT2D eigenvalue weighted by Crippen LogP contribution is -2.24. The number of thiophene rings is 1. The Kier molecular flexibility index (Phi) is 2.83. The van der Waals surface area contributed by atoms with E-state index in [-0.39, 0.29) is 12.0 Å². The molecule has 3 aromatic rings. The summed E-state index contributed by atoms with van der Waals surface area (Å²) >= 11 is 1.57. The molecule has 0 saturated carbocycles. The molecule has 3 heterocycles. The topological polar surface area (TPSA) is 76.6 Å². The van der Waals surface area contributed by atoms with Gasteiger partial charge in [0.1, 0.15) is 11.8 Å². The minimum Gasteiger partial charge on any atom is -0.481 e. The van der Waals surface area contributed by atoms with Crippen molar-refractivity contribution in [3.63, 3.8) is 0 Å². The van der Waals surface area contributed by atoms with Crippen molar-refractivity contribution in [2.45, 2.75) is 19.4 Å². The maximum Gasteiger partial charge on any atom is 0.303 e. The molecule has 0 aromatic carbocycles. The second kappa shape index (κ2) is 4.51. The van der Waals surface area contributed by atoms with Crippen LogP contribution >= 0.6 is 11.3 Å². The number of nitrogens with zero attached hydrogens (tertiary/aromatic N) is 3. The van der Waals surface area contributed by atoms with Gasteiger partial charge in [0.2, 0.25) is 0 Å². The van der Waals surface area contributed by atoms with Crippen molar-refractivity contribution in [3.05, 3.63) is 34.2 Å². The first kappa shape index (κ1) is 11.9. The van der Waals surface area contributed by atoms with Crippen LogP contribution in [0.5, 0.6) is 0 Å². The number of fused-ring (bicyclic) bond motifs is 3. The van der Waals surface area contributed by atoms with E-state index >= 15 is 0 Å². The van der Waals surface area contributed by atoms with Crippen molar-refractivity contribution in [3.8, 4) is 0 Å². The van der Waals surface area contributed by atoms with Crippen LogP contribution in [0.3, 0.4) is 0 Å². The Morgan fingerprint density at radius 2 is 2.26 bits per heavy atom. The second-order valence-electron chi connectivity index (χ2n) is 4.23. The standard InChI is InChI=1S/C12H11N3O3S/c16-11(17)2-1-4-15-12(18)9-6-10-8(3-5-19-10)14(9)7-13-15/h3,5-7H,1-2,4H2,(H,16,17). The number of hydrogen-bond donors (Lipinski definition) is 1. The molecule has 6 nitrogen and oxygen atoms in total. The SMILES string of the molecule is O=C(O)CCCn1ncn2c(cc3sccc32)c1=O. The van der Waals surface area contributed by atoms with E-state index in [0.29, 0.717) is 18.5 Å². The van der Waals surface area contributed by atoms with Crippen LogP contribution in [0.15, 0.2) is 28.6 Å². The molecule has 0 aliphatic rings. The number of aromatic nitrogens is 3. The van der Waals surface area contributed by atoms with E-state index in [4.69, 9.17) is 5.11 Å². The summed E-state index contributed by atoms with van der Waals surface area (Å²) in [6.45, 7) is 0.320. The van der Waals surface area contributed by atoms with Crippen molar-refractivity contribution in [2.24, 2.45) is 0 Å². The van der Waals surface area contributed by atoms with Crippen LogP contribution in [-0.4, -0.2) is 25.3 Å². The van der Waals surface area contributed by atoms with Gasteiger partial charge in [-0.15, -0.1) is 11.3 Å². The Labute approximate surface area is 111 Å². The van der Waals surface area contributed by atoms with Crippen molar-refractivity contribution in [1.29, 1.82) is 0 Å². The molecule has 1 N–H and O–H groups in total. The molecule has 0 aliphatic carbocycles. The highest BCUT2D eigenvalue weighted by Crippen LogP contribution is 2.23. The van der Waals surface area contributed by atoms with Gasteiger partial charge in [0.15, 0.2) is 0 Å². The Morgan fingerprint density at radius 3 is 3.05 bits per heavy atom. The molecule has 0 spiro atoms. The minimum atomic E-state index is -0.864. The van der Waals surface area contributed by atoms with Gasteiger partial charge in [0.05, 0.1) is 10.2 Å². The van der Waals surface area contributed by atoms with Crippen LogP contribution in [0.4, 0.5) is 0 Å². The molecule has 0 fully saturated rings.